The second kappa shape index (κ2) is 9.53. The predicted octanol–water partition coefficient (Wildman–Crippen LogP) is 4.73. The van der Waals surface area contributed by atoms with Crippen LogP contribution in [0.2, 0.25) is 5.02 Å². The van der Waals surface area contributed by atoms with E-state index in [0.717, 1.165) is 11.3 Å². The number of sulfonamides is 1. The molecule has 1 heterocycles. The number of rotatable bonds is 8. The molecule has 0 saturated carbocycles. The van der Waals surface area contributed by atoms with Crippen molar-refractivity contribution in [2.24, 2.45) is 0 Å². The maximum absolute atomic E-state index is 13.3. The van der Waals surface area contributed by atoms with Crippen LogP contribution in [0.25, 0.3) is 0 Å². The highest BCUT2D eigenvalue weighted by Crippen LogP contribution is 2.30. The van der Waals surface area contributed by atoms with E-state index in [-0.39, 0.29) is 28.8 Å². The molecule has 2 aromatic carbocycles. The number of carbonyl (C=O) groups excluding carboxylic acids is 1. The number of anilines is 2. The lowest BCUT2D eigenvalue weighted by Crippen LogP contribution is -2.31. The van der Waals surface area contributed by atoms with Crippen molar-refractivity contribution >= 4 is 38.9 Å². The third-order valence-corrected chi connectivity index (χ3v) is 7.28. The van der Waals surface area contributed by atoms with Crippen LogP contribution in [0.4, 0.5) is 11.4 Å². The van der Waals surface area contributed by atoms with Crippen molar-refractivity contribution < 1.29 is 17.7 Å². The van der Waals surface area contributed by atoms with E-state index in [0.29, 0.717) is 23.6 Å². The van der Waals surface area contributed by atoms with Gasteiger partial charge in [0.15, 0.2) is 0 Å². The highest BCUT2D eigenvalue weighted by atomic mass is 35.5. The fourth-order valence-electron chi connectivity index (χ4n) is 3.30. The molecule has 0 spiro atoms. The molecule has 3 rings (SSSR count). The Balaban J connectivity index is 1.80. The standard InChI is InChI=1S/C22H24ClN3O4S/c1-4-26(18-8-6-5-7-9-18)31(28,29)21-14-17(10-12-20(21)23)24-22(27)13-11-19-15(2)25-30-16(19)3/h5-10,12,14H,4,11,13H2,1-3H3,(H,24,27). The van der Waals surface area contributed by atoms with Crippen molar-refractivity contribution in [1.29, 1.82) is 0 Å². The summed E-state index contributed by atoms with van der Waals surface area (Å²) in [6.45, 7) is 5.61. The quantitative estimate of drug-likeness (QED) is 0.523. The lowest BCUT2D eigenvalue weighted by atomic mass is 10.1. The average Bonchev–Trinajstić information content (AvgIpc) is 3.06. The van der Waals surface area contributed by atoms with Gasteiger partial charge in [0.2, 0.25) is 5.91 Å². The molecular weight excluding hydrogens is 438 g/mol. The minimum atomic E-state index is -3.92. The van der Waals surface area contributed by atoms with Gasteiger partial charge in [-0.25, -0.2) is 8.42 Å². The van der Waals surface area contributed by atoms with Crippen molar-refractivity contribution in [3.63, 3.8) is 0 Å². The van der Waals surface area contributed by atoms with Crippen LogP contribution in [-0.2, 0) is 21.2 Å². The van der Waals surface area contributed by atoms with Gasteiger partial charge in [-0.1, -0.05) is 35.0 Å². The van der Waals surface area contributed by atoms with Crippen LogP contribution in [0.15, 0.2) is 57.9 Å². The first-order valence-electron chi connectivity index (χ1n) is 9.83. The average molecular weight is 462 g/mol. The maximum atomic E-state index is 13.3. The van der Waals surface area contributed by atoms with E-state index in [1.54, 1.807) is 44.2 Å². The Bertz CT molecular complexity index is 1160. The Hall–Kier alpha value is -2.84. The summed E-state index contributed by atoms with van der Waals surface area (Å²) in [4.78, 5) is 12.4. The lowest BCUT2D eigenvalue weighted by Gasteiger charge is -2.23. The highest BCUT2D eigenvalue weighted by molar-refractivity contribution is 7.93. The number of benzene rings is 2. The zero-order valence-corrected chi connectivity index (χ0v) is 19.1. The van der Waals surface area contributed by atoms with Crippen molar-refractivity contribution in [3.05, 3.63) is 70.6 Å². The SMILES string of the molecule is CCN(c1ccccc1)S(=O)(=O)c1cc(NC(=O)CCc2c(C)noc2C)ccc1Cl. The minimum Gasteiger partial charge on any atom is -0.361 e. The predicted molar refractivity (Wildman–Crippen MR) is 121 cm³/mol. The Kier molecular flexibility index (Phi) is 7.02. The van der Waals surface area contributed by atoms with Crippen molar-refractivity contribution in [1.82, 2.24) is 5.16 Å². The van der Waals surface area contributed by atoms with Crippen LogP contribution >= 0.6 is 11.6 Å². The van der Waals surface area contributed by atoms with Gasteiger partial charge in [0.05, 0.1) is 16.4 Å². The largest absolute Gasteiger partial charge is 0.361 e. The third-order valence-electron chi connectivity index (χ3n) is 4.90. The molecule has 164 valence electrons. The summed E-state index contributed by atoms with van der Waals surface area (Å²) in [5.41, 5.74) is 2.55. The molecule has 0 saturated heterocycles. The smallest absolute Gasteiger partial charge is 0.265 e. The number of amides is 1. The number of halogens is 1. The molecule has 0 aliphatic carbocycles. The normalized spacial score (nSPS) is 11.4. The number of aromatic nitrogens is 1. The first-order chi connectivity index (χ1) is 14.7. The Morgan fingerprint density at radius 3 is 2.48 bits per heavy atom. The summed E-state index contributed by atoms with van der Waals surface area (Å²) in [7, 11) is -3.92. The van der Waals surface area contributed by atoms with Crippen LogP contribution in [0, 0.1) is 13.8 Å². The Labute approximate surface area is 187 Å². The second-order valence-corrected chi connectivity index (χ2v) is 9.24. The van der Waals surface area contributed by atoms with Gasteiger partial charge in [-0.05, 0) is 57.5 Å². The molecule has 1 aromatic heterocycles. The molecule has 1 amide bonds. The molecule has 7 nitrogen and oxygen atoms in total. The first-order valence-corrected chi connectivity index (χ1v) is 11.6. The molecular formula is C22H24ClN3O4S. The summed E-state index contributed by atoms with van der Waals surface area (Å²) >= 11 is 6.23. The third kappa shape index (κ3) is 5.08. The van der Waals surface area contributed by atoms with Crippen LogP contribution in [-0.4, -0.2) is 26.0 Å². The van der Waals surface area contributed by atoms with Gasteiger partial charge in [-0.3, -0.25) is 9.10 Å². The van der Waals surface area contributed by atoms with E-state index in [2.05, 4.69) is 10.5 Å². The monoisotopic (exact) mass is 461 g/mol. The number of nitrogens with zero attached hydrogens (tertiary/aromatic N) is 2. The fraction of sp³-hybridized carbons (Fsp3) is 0.273. The topological polar surface area (TPSA) is 92.5 Å². The number of nitrogens with one attached hydrogen (secondary N) is 1. The fourth-order valence-corrected chi connectivity index (χ4v) is 5.28. The van der Waals surface area contributed by atoms with Crippen LogP contribution < -0.4 is 9.62 Å². The zero-order valence-electron chi connectivity index (χ0n) is 17.6. The van der Waals surface area contributed by atoms with Crippen LogP contribution in [0.1, 0.15) is 30.4 Å². The van der Waals surface area contributed by atoms with E-state index < -0.39 is 10.0 Å². The number of aryl methyl sites for hydroxylation is 2. The van der Waals surface area contributed by atoms with E-state index in [4.69, 9.17) is 16.1 Å². The van der Waals surface area contributed by atoms with E-state index in [1.807, 2.05) is 13.0 Å². The summed E-state index contributed by atoms with van der Waals surface area (Å²) in [5.74, 6) is 0.437. The maximum Gasteiger partial charge on any atom is 0.265 e. The van der Waals surface area contributed by atoms with Gasteiger partial charge < -0.3 is 9.84 Å². The van der Waals surface area contributed by atoms with Gasteiger partial charge in [-0.15, -0.1) is 0 Å². The summed E-state index contributed by atoms with van der Waals surface area (Å²) in [5, 5.41) is 6.72. The van der Waals surface area contributed by atoms with Crippen LogP contribution in [0.5, 0.6) is 0 Å². The van der Waals surface area contributed by atoms with Gasteiger partial charge in [0, 0.05) is 24.2 Å². The molecule has 31 heavy (non-hydrogen) atoms. The molecule has 0 radical (unpaired) electrons. The highest BCUT2D eigenvalue weighted by Gasteiger charge is 2.26. The Morgan fingerprint density at radius 2 is 1.87 bits per heavy atom. The number of carbonyl (C=O) groups is 1. The molecule has 9 heteroatoms. The summed E-state index contributed by atoms with van der Waals surface area (Å²) < 4.78 is 33.0. The molecule has 0 aliphatic heterocycles. The number of hydrogen-bond acceptors (Lipinski definition) is 5. The number of para-hydroxylation sites is 1. The molecule has 0 fully saturated rings. The van der Waals surface area contributed by atoms with E-state index >= 15 is 0 Å². The molecule has 0 atom stereocenters. The van der Waals surface area contributed by atoms with E-state index in [1.165, 1.54) is 16.4 Å². The molecule has 0 aliphatic rings. The second-order valence-electron chi connectivity index (χ2n) is 7.00. The Morgan fingerprint density at radius 1 is 1.16 bits per heavy atom. The molecule has 3 aromatic rings. The first kappa shape index (κ1) is 22.8. The zero-order chi connectivity index (χ0) is 22.6. The van der Waals surface area contributed by atoms with Crippen molar-refractivity contribution in [3.8, 4) is 0 Å². The van der Waals surface area contributed by atoms with Gasteiger partial charge in [0.25, 0.3) is 10.0 Å². The van der Waals surface area contributed by atoms with Crippen molar-refractivity contribution in [2.45, 2.75) is 38.5 Å². The molecule has 0 unspecified atom stereocenters. The summed E-state index contributed by atoms with van der Waals surface area (Å²) in [6, 6.07) is 13.2. The minimum absolute atomic E-state index is 0.0663. The van der Waals surface area contributed by atoms with Crippen LogP contribution in [0.3, 0.4) is 0 Å². The van der Waals surface area contributed by atoms with Gasteiger partial charge in [-0.2, -0.15) is 0 Å². The van der Waals surface area contributed by atoms with Gasteiger partial charge >= 0.3 is 0 Å². The molecule has 0 bridgehead atoms. The molecule has 1 N–H and O–H groups in total. The lowest BCUT2D eigenvalue weighted by molar-refractivity contribution is -0.116. The van der Waals surface area contributed by atoms with Crippen molar-refractivity contribution in [2.75, 3.05) is 16.2 Å². The number of hydrogen-bond donors (Lipinski definition) is 1. The summed E-state index contributed by atoms with van der Waals surface area (Å²) in [6.07, 6.45) is 0.683. The van der Waals surface area contributed by atoms with Gasteiger partial charge in [0.1, 0.15) is 10.7 Å². The van der Waals surface area contributed by atoms with E-state index in [9.17, 15) is 13.2 Å².